The van der Waals surface area contributed by atoms with Gasteiger partial charge in [0.15, 0.2) is 0 Å². The molecule has 3 nitrogen and oxygen atoms in total. The molecule has 1 saturated heterocycles. The lowest BCUT2D eigenvalue weighted by atomic mass is 10.1. The number of hydrogen-bond donors (Lipinski definition) is 1. The number of pyridine rings is 1. The lowest BCUT2D eigenvalue weighted by molar-refractivity contribution is 0.948. The van der Waals surface area contributed by atoms with Crippen molar-refractivity contribution < 1.29 is 0 Å². The van der Waals surface area contributed by atoms with Crippen LogP contribution < -0.4 is 10.6 Å². The molecule has 2 N–H and O–H groups in total. The van der Waals surface area contributed by atoms with Crippen molar-refractivity contribution in [3.05, 3.63) is 30.3 Å². The highest BCUT2D eigenvalue weighted by Crippen LogP contribution is 2.28. The zero-order valence-electron chi connectivity index (χ0n) is 9.19. The fraction of sp³-hybridized carbons (Fsp3) is 0.308. The molecular formula is C13H15N3. The van der Waals surface area contributed by atoms with Gasteiger partial charge in [0.2, 0.25) is 0 Å². The van der Waals surface area contributed by atoms with Crippen LogP contribution in [0.3, 0.4) is 0 Å². The second-order valence-corrected chi connectivity index (χ2v) is 4.29. The lowest BCUT2D eigenvalue weighted by Crippen LogP contribution is -2.19. The maximum atomic E-state index is 5.85. The van der Waals surface area contributed by atoms with E-state index in [2.05, 4.69) is 28.1 Å². The summed E-state index contributed by atoms with van der Waals surface area (Å²) in [4.78, 5) is 6.82. The normalized spacial score (nSPS) is 15.9. The summed E-state index contributed by atoms with van der Waals surface area (Å²) in [7, 11) is 0. The highest BCUT2D eigenvalue weighted by molar-refractivity contribution is 5.94. The maximum absolute atomic E-state index is 5.85. The van der Waals surface area contributed by atoms with Gasteiger partial charge >= 0.3 is 0 Å². The molecule has 1 fully saturated rings. The van der Waals surface area contributed by atoms with E-state index in [1.54, 1.807) is 0 Å². The first-order valence-corrected chi connectivity index (χ1v) is 5.75. The minimum absolute atomic E-state index is 0.612. The van der Waals surface area contributed by atoms with Crippen molar-refractivity contribution >= 4 is 22.4 Å². The van der Waals surface area contributed by atoms with Gasteiger partial charge in [-0.05, 0) is 24.3 Å². The van der Waals surface area contributed by atoms with Gasteiger partial charge in [-0.2, -0.15) is 0 Å². The van der Waals surface area contributed by atoms with E-state index in [0.717, 1.165) is 18.9 Å². The first kappa shape index (κ1) is 9.46. The molecule has 82 valence electrons. The van der Waals surface area contributed by atoms with Crippen LogP contribution in [0.1, 0.15) is 12.8 Å². The predicted octanol–water partition coefficient (Wildman–Crippen LogP) is 2.42. The number of anilines is 2. The molecule has 0 bridgehead atoms. The summed E-state index contributed by atoms with van der Waals surface area (Å²) >= 11 is 0. The Balaban J connectivity index is 2.21. The Morgan fingerprint density at radius 1 is 1.12 bits per heavy atom. The number of nitrogens with zero attached hydrogens (tertiary/aromatic N) is 2. The molecule has 0 saturated carbocycles. The van der Waals surface area contributed by atoms with E-state index in [9.17, 15) is 0 Å². The molecule has 0 spiro atoms. The highest BCUT2D eigenvalue weighted by Gasteiger charge is 2.16. The molecule has 0 aliphatic carbocycles. The van der Waals surface area contributed by atoms with Crippen molar-refractivity contribution in [2.45, 2.75) is 12.8 Å². The summed E-state index contributed by atoms with van der Waals surface area (Å²) in [6.07, 6.45) is 2.51. The van der Waals surface area contributed by atoms with E-state index in [0.29, 0.717) is 5.82 Å². The molecule has 0 atom stereocenters. The Bertz CT molecular complexity index is 516. The largest absolute Gasteiger partial charge is 0.384 e. The number of aromatic nitrogens is 1. The molecule has 2 heterocycles. The van der Waals surface area contributed by atoms with E-state index in [1.165, 1.54) is 23.6 Å². The number of rotatable bonds is 1. The monoisotopic (exact) mass is 213 g/mol. The summed E-state index contributed by atoms with van der Waals surface area (Å²) in [5.41, 5.74) is 5.85. The number of hydrogen-bond acceptors (Lipinski definition) is 3. The summed E-state index contributed by atoms with van der Waals surface area (Å²) in [6.45, 7) is 2.20. The van der Waals surface area contributed by atoms with Gasteiger partial charge in [0.25, 0.3) is 0 Å². The standard InChI is InChI=1S/C13H15N3/c14-12-9-10-5-1-2-6-11(10)13(15-12)16-7-3-4-8-16/h1-2,5-6,9H,3-4,7-8H2,(H2,14,15). The van der Waals surface area contributed by atoms with Crippen LogP contribution in [0.2, 0.25) is 0 Å². The Labute approximate surface area is 94.9 Å². The maximum Gasteiger partial charge on any atom is 0.138 e. The lowest BCUT2D eigenvalue weighted by Gasteiger charge is -2.18. The van der Waals surface area contributed by atoms with Gasteiger partial charge in [-0.1, -0.05) is 24.3 Å². The van der Waals surface area contributed by atoms with E-state index in [1.807, 2.05) is 12.1 Å². The van der Waals surface area contributed by atoms with Gasteiger partial charge in [0, 0.05) is 18.5 Å². The minimum Gasteiger partial charge on any atom is -0.384 e. The molecule has 1 aromatic heterocycles. The minimum atomic E-state index is 0.612. The zero-order chi connectivity index (χ0) is 11.0. The summed E-state index contributed by atoms with van der Waals surface area (Å²) in [5, 5.41) is 2.38. The first-order chi connectivity index (χ1) is 7.84. The van der Waals surface area contributed by atoms with E-state index >= 15 is 0 Å². The van der Waals surface area contributed by atoms with Gasteiger partial charge in [0.05, 0.1) is 0 Å². The average molecular weight is 213 g/mol. The zero-order valence-corrected chi connectivity index (χ0v) is 9.19. The van der Waals surface area contributed by atoms with Crippen molar-refractivity contribution in [2.75, 3.05) is 23.7 Å². The van der Waals surface area contributed by atoms with Gasteiger partial charge < -0.3 is 10.6 Å². The van der Waals surface area contributed by atoms with Crippen LogP contribution in [0, 0.1) is 0 Å². The van der Waals surface area contributed by atoms with Crippen molar-refractivity contribution in [1.82, 2.24) is 4.98 Å². The van der Waals surface area contributed by atoms with Gasteiger partial charge in [-0.25, -0.2) is 4.98 Å². The van der Waals surface area contributed by atoms with Crippen molar-refractivity contribution in [1.29, 1.82) is 0 Å². The van der Waals surface area contributed by atoms with E-state index in [-0.39, 0.29) is 0 Å². The number of nitrogens with two attached hydrogens (primary N) is 1. The fourth-order valence-corrected chi connectivity index (χ4v) is 2.37. The summed E-state index contributed by atoms with van der Waals surface area (Å²) in [6, 6.07) is 10.2. The molecule has 1 aliphatic heterocycles. The molecular weight excluding hydrogens is 198 g/mol. The number of nitrogen functional groups attached to an aromatic ring is 1. The first-order valence-electron chi connectivity index (χ1n) is 5.75. The third-order valence-corrected chi connectivity index (χ3v) is 3.15. The van der Waals surface area contributed by atoms with E-state index < -0.39 is 0 Å². The molecule has 0 radical (unpaired) electrons. The molecule has 2 aromatic rings. The molecule has 1 aliphatic rings. The molecule has 3 heteroatoms. The number of benzene rings is 1. The smallest absolute Gasteiger partial charge is 0.138 e. The summed E-state index contributed by atoms with van der Waals surface area (Å²) in [5.74, 6) is 1.66. The molecule has 1 aromatic carbocycles. The fourth-order valence-electron chi connectivity index (χ4n) is 2.37. The Hall–Kier alpha value is -1.77. The summed E-state index contributed by atoms with van der Waals surface area (Å²) < 4.78 is 0. The van der Waals surface area contributed by atoms with Gasteiger partial charge in [-0.15, -0.1) is 0 Å². The molecule has 0 amide bonds. The third-order valence-electron chi connectivity index (χ3n) is 3.15. The van der Waals surface area contributed by atoms with Gasteiger partial charge in [0.1, 0.15) is 11.6 Å². The second kappa shape index (κ2) is 3.67. The Morgan fingerprint density at radius 3 is 2.69 bits per heavy atom. The van der Waals surface area contributed by atoms with Gasteiger partial charge in [-0.3, -0.25) is 0 Å². The Kier molecular flexibility index (Phi) is 2.17. The van der Waals surface area contributed by atoms with Crippen LogP contribution in [-0.2, 0) is 0 Å². The quantitative estimate of drug-likeness (QED) is 0.791. The predicted molar refractivity (Wildman–Crippen MR) is 67.6 cm³/mol. The molecule has 3 rings (SSSR count). The van der Waals surface area contributed by atoms with Crippen molar-refractivity contribution in [3.8, 4) is 0 Å². The van der Waals surface area contributed by atoms with E-state index in [4.69, 9.17) is 5.73 Å². The second-order valence-electron chi connectivity index (χ2n) is 4.29. The van der Waals surface area contributed by atoms with Crippen LogP contribution in [0.25, 0.3) is 10.8 Å². The Morgan fingerprint density at radius 2 is 1.88 bits per heavy atom. The number of fused-ring (bicyclic) bond motifs is 1. The topological polar surface area (TPSA) is 42.1 Å². The van der Waals surface area contributed by atoms with Crippen molar-refractivity contribution in [3.63, 3.8) is 0 Å². The molecule has 0 unspecified atom stereocenters. The third kappa shape index (κ3) is 1.48. The van der Waals surface area contributed by atoms with Crippen LogP contribution >= 0.6 is 0 Å². The van der Waals surface area contributed by atoms with Crippen LogP contribution in [0.5, 0.6) is 0 Å². The SMILES string of the molecule is Nc1cc2ccccc2c(N2CCCC2)n1. The molecule has 16 heavy (non-hydrogen) atoms. The highest BCUT2D eigenvalue weighted by atomic mass is 15.2. The van der Waals surface area contributed by atoms with Crippen LogP contribution in [0.4, 0.5) is 11.6 Å². The van der Waals surface area contributed by atoms with Crippen LogP contribution in [0.15, 0.2) is 30.3 Å². The van der Waals surface area contributed by atoms with Crippen LogP contribution in [-0.4, -0.2) is 18.1 Å². The van der Waals surface area contributed by atoms with Crippen molar-refractivity contribution in [2.24, 2.45) is 0 Å². The average Bonchev–Trinajstić information content (AvgIpc) is 2.81.